The first-order chi connectivity index (χ1) is 13.5. The lowest BCUT2D eigenvalue weighted by molar-refractivity contribution is 0.208. The summed E-state index contributed by atoms with van der Waals surface area (Å²) >= 11 is 0. The smallest absolute Gasteiger partial charge is 0.321 e. The first kappa shape index (κ1) is 18.2. The molecule has 1 aliphatic heterocycles. The predicted octanol–water partition coefficient (Wildman–Crippen LogP) is 3.74. The zero-order valence-corrected chi connectivity index (χ0v) is 15.9. The Bertz CT molecular complexity index is 1030. The van der Waals surface area contributed by atoms with E-state index >= 15 is 0 Å². The van der Waals surface area contributed by atoms with Gasteiger partial charge in [-0.1, -0.05) is 12.1 Å². The van der Waals surface area contributed by atoms with E-state index in [1.54, 1.807) is 17.0 Å². The van der Waals surface area contributed by atoms with Crippen LogP contribution in [-0.4, -0.2) is 47.1 Å². The van der Waals surface area contributed by atoms with Crippen molar-refractivity contribution >= 4 is 28.4 Å². The van der Waals surface area contributed by atoms with E-state index in [0.717, 1.165) is 22.4 Å². The topological polar surface area (TPSA) is 61.4 Å². The summed E-state index contributed by atoms with van der Waals surface area (Å²) < 4.78 is 14.0. The summed E-state index contributed by atoms with van der Waals surface area (Å²) in [6.07, 6.45) is 0. The molecule has 28 heavy (non-hydrogen) atoms. The molecule has 144 valence electrons. The number of fused-ring (bicyclic) bond motifs is 1. The highest BCUT2D eigenvalue weighted by molar-refractivity contribution is 5.92. The lowest BCUT2D eigenvalue weighted by atomic mass is 10.2. The highest BCUT2D eigenvalue weighted by Crippen LogP contribution is 2.21. The molecule has 0 bridgehead atoms. The van der Waals surface area contributed by atoms with Gasteiger partial charge in [0.1, 0.15) is 5.82 Å². The quantitative estimate of drug-likeness (QED) is 0.737. The van der Waals surface area contributed by atoms with Gasteiger partial charge in [0.25, 0.3) is 0 Å². The molecular formula is C21H22FN5O. The van der Waals surface area contributed by atoms with Crippen molar-refractivity contribution < 1.29 is 9.18 Å². The Hall–Kier alpha value is -3.22. The zero-order chi connectivity index (χ0) is 19.7. The number of amides is 2. The molecule has 1 aromatic heterocycles. The fourth-order valence-corrected chi connectivity index (χ4v) is 3.37. The van der Waals surface area contributed by atoms with Crippen molar-refractivity contribution in [3.63, 3.8) is 0 Å². The molecule has 0 aliphatic carbocycles. The molecule has 0 saturated carbocycles. The summed E-state index contributed by atoms with van der Waals surface area (Å²) in [5.41, 5.74) is 4.61. The van der Waals surface area contributed by atoms with Gasteiger partial charge in [-0.25, -0.2) is 19.2 Å². The zero-order valence-electron chi connectivity index (χ0n) is 15.9. The summed E-state index contributed by atoms with van der Waals surface area (Å²) in [5.74, 6) is -0.233. The van der Waals surface area contributed by atoms with Crippen LogP contribution < -0.4 is 10.2 Å². The van der Waals surface area contributed by atoms with Crippen LogP contribution in [0.3, 0.4) is 0 Å². The first-order valence-electron chi connectivity index (χ1n) is 9.32. The Morgan fingerprint density at radius 3 is 2.36 bits per heavy atom. The van der Waals surface area contributed by atoms with Gasteiger partial charge in [0.15, 0.2) is 0 Å². The van der Waals surface area contributed by atoms with E-state index in [-0.39, 0.29) is 11.8 Å². The Kier molecular flexibility index (Phi) is 4.81. The third-order valence-corrected chi connectivity index (χ3v) is 5.09. The molecule has 0 unspecified atom stereocenters. The second-order valence-electron chi connectivity index (χ2n) is 6.95. The number of halogens is 1. The Morgan fingerprint density at radius 2 is 1.64 bits per heavy atom. The number of hydrogen-bond acceptors (Lipinski definition) is 4. The minimum absolute atomic E-state index is 0.163. The molecule has 1 saturated heterocycles. The number of anilines is 2. The summed E-state index contributed by atoms with van der Waals surface area (Å²) in [7, 11) is 0. The van der Waals surface area contributed by atoms with Crippen LogP contribution in [0.1, 0.15) is 11.4 Å². The Balaban J connectivity index is 1.41. The number of piperazine rings is 1. The van der Waals surface area contributed by atoms with E-state index in [1.165, 1.54) is 6.07 Å². The lowest BCUT2D eigenvalue weighted by Gasteiger charge is -2.36. The number of benzene rings is 2. The molecule has 2 aromatic carbocycles. The third-order valence-electron chi connectivity index (χ3n) is 5.09. The van der Waals surface area contributed by atoms with Crippen molar-refractivity contribution in [2.75, 3.05) is 36.4 Å². The van der Waals surface area contributed by atoms with Gasteiger partial charge in [0.2, 0.25) is 0 Å². The molecule has 0 radical (unpaired) electrons. The second-order valence-corrected chi connectivity index (χ2v) is 6.95. The van der Waals surface area contributed by atoms with Gasteiger partial charge < -0.3 is 15.1 Å². The molecule has 1 N–H and O–H groups in total. The fraction of sp³-hybridized carbons (Fsp3) is 0.286. The highest BCUT2D eigenvalue weighted by atomic mass is 19.1. The number of carbonyl (C=O) groups is 1. The number of rotatable bonds is 2. The number of aromatic nitrogens is 2. The maximum absolute atomic E-state index is 14.0. The minimum Gasteiger partial charge on any atom is -0.366 e. The molecule has 2 amide bonds. The number of hydrogen-bond donors (Lipinski definition) is 1. The number of nitrogens with one attached hydrogen (secondary N) is 1. The van der Waals surface area contributed by atoms with Gasteiger partial charge in [-0.3, -0.25) is 0 Å². The van der Waals surface area contributed by atoms with Gasteiger partial charge in [-0.05, 0) is 44.2 Å². The van der Waals surface area contributed by atoms with Crippen LogP contribution in [0.15, 0.2) is 42.5 Å². The molecule has 3 aromatic rings. The van der Waals surface area contributed by atoms with Gasteiger partial charge in [0, 0.05) is 31.9 Å². The average Bonchev–Trinajstić information content (AvgIpc) is 2.69. The van der Waals surface area contributed by atoms with E-state index in [9.17, 15) is 9.18 Å². The van der Waals surface area contributed by atoms with Gasteiger partial charge in [-0.2, -0.15) is 0 Å². The van der Waals surface area contributed by atoms with Gasteiger partial charge in [-0.15, -0.1) is 0 Å². The Labute approximate surface area is 163 Å². The van der Waals surface area contributed by atoms with E-state index < -0.39 is 0 Å². The molecule has 0 spiro atoms. The summed E-state index contributed by atoms with van der Waals surface area (Å²) in [4.78, 5) is 25.4. The van der Waals surface area contributed by atoms with Crippen LogP contribution in [0.5, 0.6) is 0 Å². The number of para-hydroxylation sites is 1. The van der Waals surface area contributed by atoms with E-state index in [0.29, 0.717) is 37.6 Å². The van der Waals surface area contributed by atoms with Crippen LogP contribution in [0.25, 0.3) is 11.0 Å². The van der Waals surface area contributed by atoms with Crippen molar-refractivity contribution in [2.45, 2.75) is 13.8 Å². The molecule has 7 heteroatoms. The molecule has 1 aliphatic rings. The molecule has 0 atom stereocenters. The van der Waals surface area contributed by atoms with Crippen molar-refractivity contribution in [1.29, 1.82) is 0 Å². The molecule has 6 nitrogen and oxygen atoms in total. The van der Waals surface area contributed by atoms with Crippen molar-refractivity contribution in [1.82, 2.24) is 14.9 Å². The first-order valence-corrected chi connectivity index (χ1v) is 9.32. The monoisotopic (exact) mass is 379 g/mol. The van der Waals surface area contributed by atoms with E-state index in [2.05, 4.69) is 15.3 Å². The molecule has 2 heterocycles. The number of aryl methyl sites for hydroxylation is 2. The predicted molar refractivity (Wildman–Crippen MR) is 108 cm³/mol. The van der Waals surface area contributed by atoms with Crippen LogP contribution in [-0.2, 0) is 0 Å². The molecule has 1 fully saturated rings. The fourth-order valence-electron chi connectivity index (χ4n) is 3.37. The summed E-state index contributed by atoms with van der Waals surface area (Å²) in [6, 6.07) is 12.1. The number of nitrogens with zero attached hydrogens (tertiary/aromatic N) is 4. The van der Waals surface area contributed by atoms with Crippen LogP contribution >= 0.6 is 0 Å². The summed E-state index contributed by atoms with van der Waals surface area (Å²) in [6.45, 7) is 6.10. The average molecular weight is 379 g/mol. The molecular weight excluding hydrogens is 357 g/mol. The highest BCUT2D eigenvalue weighted by Gasteiger charge is 2.22. The van der Waals surface area contributed by atoms with E-state index in [4.69, 9.17) is 0 Å². The lowest BCUT2D eigenvalue weighted by Crippen LogP contribution is -2.50. The normalized spacial score (nSPS) is 14.4. The van der Waals surface area contributed by atoms with Crippen LogP contribution in [0, 0.1) is 19.7 Å². The Morgan fingerprint density at radius 1 is 0.964 bits per heavy atom. The third kappa shape index (κ3) is 3.60. The van der Waals surface area contributed by atoms with Gasteiger partial charge in [0.05, 0.1) is 28.1 Å². The van der Waals surface area contributed by atoms with Gasteiger partial charge >= 0.3 is 6.03 Å². The standard InChI is InChI=1S/C21H22FN5O/c1-14-15(2)24-19-13-16(7-8-18(19)23-14)25-21(28)27-11-9-26(10-12-27)20-6-4-3-5-17(20)22/h3-8,13H,9-12H2,1-2H3,(H,25,28). The second kappa shape index (κ2) is 7.42. The van der Waals surface area contributed by atoms with Crippen LogP contribution in [0.2, 0.25) is 0 Å². The SMILES string of the molecule is Cc1nc2ccc(NC(=O)N3CCN(c4ccccc4F)CC3)cc2nc1C. The number of carbonyl (C=O) groups excluding carboxylic acids is 1. The molecule has 4 rings (SSSR count). The van der Waals surface area contributed by atoms with Crippen molar-refractivity contribution in [3.8, 4) is 0 Å². The minimum atomic E-state index is -0.233. The maximum atomic E-state index is 14.0. The summed E-state index contributed by atoms with van der Waals surface area (Å²) in [5, 5.41) is 2.93. The largest absolute Gasteiger partial charge is 0.366 e. The maximum Gasteiger partial charge on any atom is 0.321 e. The number of urea groups is 1. The van der Waals surface area contributed by atoms with Crippen molar-refractivity contribution in [2.24, 2.45) is 0 Å². The van der Waals surface area contributed by atoms with Crippen molar-refractivity contribution in [3.05, 3.63) is 59.7 Å². The van der Waals surface area contributed by atoms with Crippen LogP contribution in [0.4, 0.5) is 20.6 Å². The van der Waals surface area contributed by atoms with E-state index in [1.807, 2.05) is 43.0 Å².